The van der Waals surface area contributed by atoms with E-state index in [4.69, 9.17) is 0 Å². The van der Waals surface area contributed by atoms with Gasteiger partial charge in [-0.05, 0) is 37.9 Å². The van der Waals surface area contributed by atoms with Crippen molar-refractivity contribution in [3.8, 4) is 0 Å². The van der Waals surface area contributed by atoms with Crippen molar-refractivity contribution in [2.24, 2.45) is 0 Å². The van der Waals surface area contributed by atoms with Crippen LogP contribution in [0.1, 0.15) is 31.7 Å². The van der Waals surface area contributed by atoms with Crippen LogP contribution in [0.15, 0.2) is 30.3 Å². The Hall–Kier alpha value is -1.39. The van der Waals surface area contributed by atoms with Crippen LogP contribution in [-0.4, -0.2) is 36.8 Å². The zero-order valence-corrected chi connectivity index (χ0v) is 12.1. The van der Waals surface area contributed by atoms with Gasteiger partial charge in [-0.15, -0.1) is 0 Å². The Morgan fingerprint density at radius 3 is 2.55 bits per heavy atom. The van der Waals surface area contributed by atoms with Crippen molar-refractivity contribution >= 4 is 5.91 Å². The third-order valence-electron chi connectivity index (χ3n) is 4.27. The van der Waals surface area contributed by atoms with Crippen LogP contribution in [0.3, 0.4) is 0 Å². The van der Waals surface area contributed by atoms with Crippen LogP contribution in [-0.2, 0) is 10.2 Å². The van der Waals surface area contributed by atoms with Gasteiger partial charge in [0.25, 0.3) is 0 Å². The summed E-state index contributed by atoms with van der Waals surface area (Å²) in [4.78, 5) is 12.8. The van der Waals surface area contributed by atoms with E-state index >= 15 is 0 Å². The lowest BCUT2D eigenvalue weighted by molar-refractivity contribution is -0.129. The highest BCUT2D eigenvalue weighted by Gasteiger charge is 2.41. The number of hydrogen-bond acceptors (Lipinski definition) is 3. The lowest BCUT2D eigenvalue weighted by Crippen LogP contribution is -2.53. The monoisotopic (exact) mass is 276 g/mol. The van der Waals surface area contributed by atoms with Gasteiger partial charge in [0, 0.05) is 0 Å². The molecule has 110 valence electrons. The van der Waals surface area contributed by atoms with E-state index in [0.29, 0.717) is 0 Å². The van der Waals surface area contributed by atoms with Gasteiger partial charge in [-0.25, -0.2) is 0 Å². The minimum atomic E-state index is -0.463. The van der Waals surface area contributed by atoms with Crippen LogP contribution in [0.5, 0.6) is 0 Å². The molecule has 1 aliphatic heterocycles. The molecule has 1 aliphatic rings. The molecule has 1 heterocycles. The van der Waals surface area contributed by atoms with E-state index in [2.05, 4.69) is 10.6 Å². The summed E-state index contributed by atoms with van der Waals surface area (Å²) in [7, 11) is 0. The first-order chi connectivity index (χ1) is 9.73. The summed E-state index contributed by atoms with van der Waals surface area (Å²) < 4.78 is 0. The van der Waals surface area contributed by atoms with Crippen molar-refractivity contribution in [1.82, 2.24) is 10.6 Å². The molecule has 20 heavy (non-hydrogen) atoms. The molecule has 3 N–H and O–H groups in total. The largest absolute Gasteiger partial charge is 0.394 e. The zero-order valence-electron chi connectivity index (χ0n) is 12.1. The number of rotatable bonds is 5. The van der Waals surface area contributed by atoms with Gasteiger partial charge < -0.3 is 15.7 Å². The van der Waals surface area contributed by atoms with Crippen LogP contribution in [0.25, 0.3) is 0 Å². The number of carbonyl (C=O) groups is 1. The van der Waals surface area contributed by atoms with Gasteiger partial charge >= 0.3 is 0 Å². The molecule has 0 unspecified atom stereocenters. The molecule has 2 rings (SSSR count). The minimum absolute atomic E-state index is 0.00857. The molecule has 0 radical (unpaired) electrons. The van der Waals surface area contributed by atoms with Crippen molar-refractivity contribution in [2.45, 2.75) is 37.6 Å². The average molecular weight is 276 g/mol. The Morgan fingerprint density at radius 2 is 2.00 bits per heavy atom. The Labute approximate surface area is 120 Å². The number of benzene rings is 1. The third kappa shape index (κ3) is 3.02. The Balaban J connectivity index is 2.25. The molecule has 1 aromatic carbocycles. The molecular formula is C16H24N2O2. The number of carbonyl (C=O) groups excluding carboxylic acids is 1. The van der Waals surface area contributed by atoms with Crippen molar-refractivity contribution in [1.29, 1.82) is 0 Å². The van der Waals surface area contributed by atoms with E-state index in [1.807, 2.05) is 37.3 Å². The number of aliphatic hydroxyl groups excluding tert-OH is 1. The first-order valence-corrected chi connectivity index (χ1v) is 7.41. The second kappa shape index (κ2) is 6.86. The third-order valence-corrected chi connectivity index (χ3v) is 4.27. The summed E-state index contributed by atoms with van der Waals surface area (Å²) in [6.45, 7) is 3.65. The van der Waals surface area contributed by atoms with Crippen LogP contribution in [0, 0.1) is 0 Å². The van der Waals surface area contributed by atoms with Crippen LogP contribution >= 0.6 is 0 Å². The van der Waals surface area contributed by atoms with Gasteiger partial charge in [-0.1, -0.05) is 37.3 Å². The van der Waals surface area contributed by atoms with Gasteiger partial charge in [0.2, 0.25) is 5.91 Å². The van der Waals surface area contributed by atoms with Crippen molar-refractivity contribution in [3.05, 3.63) is 35.9 Å². The Morgan fingerprint density at radius 1 is 1.35 bits per heavy atom. The summed E-state index contributed by atoms with van der Waals surface area (Å²) >= 11 is 0. The van der Waals surface area contributed by atoms with E-state index in [9.17, 15) is 9.90 Å². The molecule has 4 heteroatoms. The number of aliphatic hydroxyl groups is 1. The van der Waals surface area contributed by atoms with Crippen molar-refractivity contribution < 1.29 is 9.90 Å². The Kier molecular flexibility index (Phi) is 5.15. The summed E-state index contributed by atoms with van der Waals surface area (Å²) in [6, 6.07) is 9.85. The van der Waals surface area contributed by atoms with Crippen molar-refractivity contribution in [2.75, 3.05) is 19.7 Å². The summed E-state index contributed by atoms with van der Waals surface area (Å²) in [5.74, 6) is 0.0473. The molecular weight excluding hydrogens is 252 g/mol. The van der Waals surface area contributed by atoms with E-state index in [1.165, 1.54) is 0 Å². The van der Waals surface area contributed by atoms with Crippen LogP contribution < -0.4 is 10.6 Å². The maximum Gasteiger partial charge on any atom is 0.231 e. The van der Waals surface area contributed by atoms with E-state index in [0.717, 1.165) is 37.9 Å². The highest BCUT2D eigenvalue weighted by atomic mass is 16.3. The number of amides is 1. The Bertz CT molecular complexity index is 423. The fourth-order valence-electron chi connectivity index (χ4n) is 2.86. The highest BCUT2D eigenvalue weighted by Crippen LogP contribution is 2.33. The van der Waals surface area contributed by atoms with E-state index in [-0.39, 0.29) is 18.6 Å². The number of hydrogen-bond donors (Lipinski definition) is 3. The summed E-state index contributed by atoms with van der Waals surface area (Å²) in [5.41, 5.74) is 0.613. The zero-order chi connectivity index (χ0) is 14.4. The first-order valence-electron chi connectivity index (χ1n) is 7.41. The standard InChI is InChI=1S/C16H24N2O2/c1-2-14(12-19)18-15(20)16(8-10-17-11-9-16)13-6-4-3-5-7-13/h3-7,14,17,19H,2,8-12H2,1H3,(H,18,20)/t14-/m0/s1. The molecule has 1 fully saturated rings. The van der Waals surface area contributed by atoms with Crippen molar-refractivity contribution in [3.63, 3.8) is 0 Å². The smallest absolute Gasteiger partial charge is 0.231 e. The number of piperidine rings is 1. The molecule has 0 bridgehead atoms. The topological polar surface area (TPSA) is 61.4 Å². The maximum atomic E-state index is 12.8. The molecule has 0 aromatic heterocycles. The molecule has 1 atom stereocenters. The second-order valence-corrected chi connectivity index (χ2v) is 5.46. The fraction of sp³-hybridized carbons (Fsp3) is 0.562. The average Bonchev–Trinajstić information content (AvgIpc) is 2.53. The lowest BCUT2D eigenvalue weighted by atomic mass is 9.72. The predicted octanol–water partition coefficient (Wildman–Crippen LogP) is 1.19. The van der Waals surface area contributed by atoms with Crippen LogP contribution in [0.4, 0.5) is 0 Å². The quantitative estimate of drug-likeness (QED) is 0.757. The summed E-state index contributed by atoms with van der Waals surface area (Å²) in [5, 5.41) is 15.6. The maximum absolute atomic E-state index is 12.8. The predicted molar refractivity (Wildman–Crippen MR) is 79.5 cm³/mol. The number of nitrogens with one attached hydrogen (secondary N) is 2. The molecule has 4 nitrogen and oxygen atoms in total. The normalized spacial score (nSPS) is 19.3. The molecule has 1 aromatic rings. The van der Waals surface area contributed by atoms with Crippen LogP contribution in [0.2, 0.25) is 0 Å². The molecule has 1 amide bonds. The second-order valence-electron chi connectivity index (χ2n) is 5.46. The lowest BCUT2D eigenvalue weighted by Gasteiger charge is -2.37. The SMILES string of the molecule is CC[C@@H](CO)NC(=O)C1(c2ccccc2)CCNCC1. The fourth-order valence-corrected chi connectivity index (χ4v) is 2.86. The minimum Gasteiger partial charge on any atom is -0.394 e. The summed E-state index contributed by atoms with van der Waals surface area (Å²) in [6.07, 6.45) is 2.33. The van der Waals surface area contributed by atoms with Gasteiger partial charge in [-0.2, -0.15) is 0 Å². The van der Waals surface area contributed by atoms with Gasteiger partial charge in [-0.3, -0.25) is 4.79 Å². The van der Waals surface area contributed by atoms with E-state index < -0.39 is 5.41 Å². The van der Waals surface area contributed by atoms with Gasteiger partial charge in [0.05, 0.1) is 18.1 Å². The van der Waals surface area contributed by atoms with Gasteiger partial charge in [0.15, 0.2) is 0 Å². The van der Waals surface area contributed by atoms with Gasteiger partial charge in [0.1, 0.15) is 0 Å². The van der Waals surface area contributed by atoms with E-state index in [1.54, 1.807) is 0 Å². The molecule has 0 spiro atoms. The highest BCUT2D eigenvalue weighted by molar-refractivity contribution is 5.88. The first kappa shape index (κ1) is 15.0. The molecule has 1 saturated heterocycles. The molecule has 0 saturated carbocycles. The molecule has 0 aliphatic carbocycles.